The van der Waals surface area contributed by atoms with E-state index in [2.05, 4.69) is 4.98 Å². The van der Waals surface area contributed by atoms with E-state index in [1.165, 1.54) is 29.1 Å². The van der Waals surface area contributed by atoms with Crippen molar-refractivity contribution in [1.82, 2.24) is 9.55 Å². The maximum Gasteiger partial charge on any atom is 0.261 e. The quantitative estimate of drug-likeness (QED) is 0.802. The summed E-state index contributed by atoms with van der Waals surface area (Å²) < 4.78 is 14.5. The average molecular weight is 284 g/mol. The Balaban J connectivity index is 1.95. The van der Waals surface area contributed by atoms with E-state index in [-0.39, 0.29) is 12.1 Å². The summed E-state index contributed by atoms with van der Waals surface area (Å²) in [7, 11) is 0. The summed E-state index contributed by atoms with van der Waals surface area (Å²) in [5.41, 5.74) is 0.810. The summed E-state index contributed by atoms with van der Waals surface area (Å²) in [6, 6.07) is 12.7. The number of para-hydroxylation sites is 1. The topological polar surface area (TPSA) is 55.1 Å². The summed E-state index contributed by atoms with van der Waals surface area (Å²) in [6.45, 7) is 0.0279. The highest BCUT2D eigenvalue weighted by Gasteiger charge is 2.11. The molecule has 0 unspecified atom stereocenters. The van der Waals surface area contributed by atoms with Crippen molar-refractivity contribution in [2.45, 2.75) is 12.6 Å². The van der Waals surface area contributed by atoms with Gasteiger partial charge in [-0.25, -0.2) is 9.37 Å². The number of hydrogen-bond donors (Lipinski definition) is 1. The van der Waals surface area contributed by atoms with Crippen LogP contribution in [0.5, 0.6) is 0 Å². The molecule has 0 aliphatic rings. The van der Waals surface area contributed by atoms with E-state index in [9.17, 15) is 14.3 Å². The monoisotopic (exact) mass is 284 g/mol. The lowest BCUT2D eigenvalue weighted by atomic mass is 10.1. The molecular weight excluding hydrogens is 271 g/mol. The molecule has 4 nitrogen and oxygen atoms in total. The third-order valence-electron chi connectivity index (χ3n) is 3.33. The minimum absolute atomic E-state index is 0.0279. The molecule has 1 N–H and O–H groups in total. The van der Waals surface area contributed by atoms with Crippen LogP contribution in [0.3, 0.4) is 0 Å². The van der Waals surface area contributed by atoms with Crippen molar-refractivity contribution in [3.05, 3.63) is 76.6 Å². The highest BCUT2D eigenvalue weighted by molar-refractivity contribution is 5.76. The number of nitrogens with zero attached hydrogens (tertiary/aromatic N) is 2. The largest absolute Gasteiger partial charge is 0.387 e. The van der Waals surface area contributed by atoms with Crippen LogP contribution in [0.2, 0.25) is 0 Å². The van der Waals surface area contributed by atoms with Crippen LogP contribution in [-0.4, -0.2) is 14.7 Å². The minimum Gasteiger partial charge on any atom is -0.387 e. The second-order valence-electron chi connectivity index (χ2n) is 4.79. The van der Waals surface area contributed by atoms with Gasteiger partial charge in [0.25, 0.3) is 5.56 Å². The number of rotatable bonds is 3. The molecule has 0 fully saturated rings. The fourth-order valence-corrected chi connectivity index (χ4v) is 2.24. The third kappa shape index (κ3) is 2.68. The first-order chi connectivity index (χ1) is 10.1. The third-order valence-corrected chi connectivity index (χ3v) is 3.33. The molecule has 1 heterocycles. The van der Waals surface area contributed by atoms with Crippen molar-refractivity contribution in [3.63, 3.8) is 0 Å². The Morgan fingerprint density at radius 1 is 1.19 bits per heavy atom. The van der Waals surface area contributed by atoms with E-state index in [0.717, 1.165) is 0 Å². The van der Waals surface area contributed by atoms with E-state index < -0.39 is 11.9 Å². The van der Waals surface area contributed by atoms with E-state index in [0.29, 0.717) is 16.5 Å². The summed E-state index contributed by atoms with van der Waals surface area (Å²) in [6.07, 6.45) is 0.425. The Hall–Kier alpha value is -2.53. The molecule has 0 saturated heterocycles. The van der Waals surface area contributed by atoms with Gasteiger partial charge in [-0.2, -0.15) is 0 Å². The number of aromatic nitrogens is 2. The van der Waals surface area contributed by atoms with Crippen LogP contribution in [0, 0.1) is 5.82 Å². The number of benzene rings is 2. The molecular formula is C16H13FN2O2. The number of aliphatic hydroxyl groups is 1. The van der Waals surface area contributed by atoms with Crippen LogP contribution in [0.25, 0.3) is 10.9 Å². The van der Waals surface area contributed by atoms with Crippen LogP contribution >= 0.6 is 0 Å². The smallest absolute Gasteiger partial charge is 0.261 e. The van der Waals surface area contributed by atoms with Gasteiger partial charge < -0.3 is 5.11 Å². The second-order valence-corrected chi connectivity index (χ2v) is 4.79. The van der Waals surface area contributed by atoms with Crippen molar-refractivity contribution in [2.75, 3.05) is 0 Å². The van der Waals surface area contributed by atoms with Gasteiger partial charge in [0, 0.05) is 0 Å². The maximum absolute atomic E-state index is 13.2. The first-order valence-corrected chi connectivity index (χ1v) is 6.53. The van der Waals surface area contributed by atoms with Crippen molar-refractivity contribution in [1.29, 1.82) is 0 Å². The summed E-state index contributed by atoms with van der Waals surface area (Å²) in [5.74, 6) is -0.421. The fraction of sp³-hybridized carbons (Fsp3) is 0.125. The average Bonchev–Trinajstić information content (AvgIpc) is 2.50. The lowest BCUT2D eigenvalue weighted by Gasteiger charge is -2.13. The highest BCUT2D eigenvalue weighted by Crippen LogP contribution is 2.15. The van der Waals surface area contributed by atoms with E-state index in [1.54, 1.807) is 30.3 Å². The molecule has 5 heteroatoms. The van der Waals surface area contributed by atoms with Crippen molar-refractivity contribution in [3.8, 4) is 0 Å². The molecule has 3 rings (SSSR count). The summed E-state index contributed by atoms with van der Waals surface area (Å²) in [4.78, 5) is 16.5. The maximum atomic E-state index is 13.2. The SMILES string of the molecule is O=c1c2ccccc2ncn1C[C@@H](O)c1cccc(F)c1. The van der Waals surface area contributed by atoms with Gasteiger partial charge in [0.05, 0.1) is 29.9 Å². The zero-order valence-electron chi connectivity index (χ0n) is 11.1. The molecule has 106 valence electrons. The molecule has 0 radical (unpaired) electrons. The second kappa shape index (κ2) is 5.46. The van der Waals surface area contributed by atoms with Crippen LogP contribution in [0.1, 0.15) is 11.7 Å². The van der Waals surface area contributed by atoms with Crippen LogP contribution in [0.4, 0.5) is 4.39 Å². The Labute approximate surface area is 120 Å². The highest BCUT2D eigenvalue weighted by atomic mass is 19.1. The van der Waals surface area contributed by atoms with Gasteiger partial charge in [0.15, 0.2) is 0 Å². The Morgan fingerprint density at radius 3 is 2.81 bits per heavy atom. The van der Waals surface area contributed by atoms with Crippen molar-refractivity contribution >= 4 is 10.9 Å². The van der Waals surface area contributed by atoms with Crippen LogP contribution in [0.15, 0.2) is 59.7 Å². The molecule has 0 bridgehead atoms. The van der Waals surface area contributed by atoms with Crippen LogP contribution < -0.4 is 5.56 Å². The normalized spacial score (nSPS) is 12.5. The lowest BCUT2D eigenvalue weighted by molar-refractivity contribution is 0.154. The van der Waals surface area contributed by atoms with Gasteiger partial charge >= 0.3 is 0 Å². The van der Waals surface area contributed by atoms with E-state index in [4.69, 9.17) is 0 Å². The molecule has 1 atom stereocenters. The lowest BCUT2D eigenvalue weighted by Crippen LogP contribution is -2.23. The van der Waals surface area contributed by atoms with Gasteiger partial charge in [0.2, 0.25) is 0 Å². The van der Waals surface area contributed by atoms with Gasteiger partial charge in [0.1, 0.15) is 5.82 Å². The molecule has 0 saturated carbocycles. The van der Waals surface area contributed by atoms with Gasteiger partial charge in [-0.1, -0.05) is 24.3 Å². The Kier molecular flexibility index (Phi) is 3.50. The van der Waals surface area contributed by atoms with Crippen molar-refractivity contribution in [2.24, 2.45) is 0 Å². The predicted octanol–water partition coefficient (Wildman–Crippen LogP) is 2.27. The first-order valence-electron chi connectivity index (χ1n) is 6.53. The number of halogens is 1. The predicted molar refractivity (Wildman–Crippen MR) is 77.4 cm³/mol. The van der Waals surface area contributed by atoms with Crippen LogP contribution in [-0.2, 0) is 6.54 Å². The minimum atomic E-state index is -0.971. The Morgan fingerprint density at radius 2 is 2.00 bits per heavy atom. The van der Waals surface area contributed by atoms with E-state index in [1.807, 2.05) is 0 Å². The standard InChI is InChI=1S/C16H13FN2O2/c17-12-5-3-4-11(8-12)15(20)9-19-10-18-14-7-2-1-6-13(14)16(19)21/h1-8,10,15,20H,9H2/t15-/m1/s1. The number of hydrogen-bond acceptors (Lipinski definition) is 3. The Bertz CT molecular complexity index is 845. The molecule has 0 aliphatic heterocycles. The molecule has 1 aromatic heterocycles. The molecule has 3 aromatic rings. The first kappa shape index (κ1) is 13.5. The summed E-state index contributed by atoms with van der Waals surface area (Å²) >= 11 is 0. The molecule has 0 spiro atoms. The van der Waals surface area contributed by atoms with Gasteiger partial charge in [-0.15, -0.1) is 0 Å². The zero-order valence-corrected chi connectivity index (χ0v) is 11.1. The number of aliphatic hydroxyl groups excluding tert-OH is 1. The van der Waals surface area contributed by atoms with E-state index >= 15 is 0 Å². The molecule has 2 aromatic carbocycles. The molecule has 0 aliphatic carbocycles. The number of fused-ring (bicyclic) bond motifs is 1. The summed E-state index contributed by atoms with van der Waals surface area (Å²) in [5, 5.41) is 10.6. The molecule has 0 amide bonds. The molecule has 21 heavy (non-hydrogen) atoms. The zero-order chi connectivity index (χ0) is 14.8. The van der Waals surface area contributed by atoms with Gasteiger partial charge in [-0.3, -0.25) is 9.36 Å². The van der Waals surface area contributed by atoms with Crippen molar-refractivity contribution < 1.29 is 9.50 Å². The fourth-order valence-electron chi connectivity index (χ4n) is 2.24. The van der Waals surface area contributed by atoms with Gasteiger partial charge in [-0.05, 0) is 29.8 Å².